The maximum Gasteiger partial charge on any atom is 0.271 e. The largest absolute Gasteiger partial charge is 0.271 e. The van der Waals surface area contributed by atoms with Crippen LogP contribution in [0.3, 0.4) is 0 Å². The second-order valence-corrected chi connectivity index (χ2v) is 5.47. The van der Waals surface area contributed by atoms with Gasteiger partial charge in [-0.3, -0.25) is 4.79 Å². The van der Waals surface area contributed by atoms with Crippen LogP contribution in [0.1, 0.15) is 57.0 Å². The van der Waals surface area contributed by atoms with Crippen molar-refractivity contribution in [1.29, 1.82) is 0 Å². The zero-order valence-electron chi connectivity index (χ0n) is 11.9. The second-order valence-electron chi connectivity index (χ2n) is 5.47. The number of benzene rings is 1. The van der Waals surface area contributed by atoms with E-state index >= 15 is 0 Å². The Morgan fingerprint density at radius 3 is 2.22 bits per heavy atom. The van der Waals surface area contributed by atoms with Crippen molar-refractivity contribution in [2.45, 2.75) is 46.5 Å². The fraction of sp³-hybridized carbons (Fsp3) is 0.467. The van der Waals surface area contributed by atoms with Gasteiger partial charge in [0.1, 0.15) is 0 Å². The summed E-state index contributed by atoms with van der Waals surface area (Å²) in [6, 6.07) is 7.66. The quantitative estimate of drug-likeness (QED) is 0.643. The lowest BCUT2D eigenvalue weighted by atomic mass is 9.87. The third-order valence-electron chi connectivity index (χ3n) is 2.87. The number of carbonyl (C=O) groups is 1. The van der Waals surface area contributed by atoms with Gasteiger partial charge in [0, 0.05) is 11.3 Å². The molecule has 0 unspecified atom stereocenters. The van der Waals surface area contributed by atoms with E-state index in [-0.39, 0.29) is 11.3 Å². The molecule has 0 bridgehead atoms. The van der Waals surface area contributed by atoms with Gasteiger partial charge in [-0.1, -0.05) is 39.8 Å². The molecule has 0 saturated heterocycles. The minimum absolute atomic E-state index is 0.103. The molecule has 1 aromatic carbocycles. The van der Waals surface area contributed by atoms with E-state index in [0.29, 0.717) is 5.56 Å². The Morgan fingerprint density at radius 1 is 1.22 bits per heavy atom. The first-order valence-electron chi connectivity index (χ1n) is 6.28. The lowest BCUT2D eigenvalue weighted by Gasteiger charge is -2.18. The number of carbonyl (C=O) groups excluding carboxylic acids is 1. The molecule has 0 spiro atoms. The summed E-state index contributed by atoms with van der Waals surface area (Å²) in [4.78, 5) is 11.8. The third kappa shape index (κ3) is 3.99. The first-order chi connectivity index (χ1) is 8.34. The fourth-order valence-electron chi connectivity index (χ4n) is 1.41. The average Bonchev–Trinajstić information content (AvgIpc) is 2.34. The number of rotatable bonds is 3. The maximum atomic E-state index is 11.8. The Balaban J connectivity index is 2.77. The van der Waals surface area contributed by atoms with Gasteiger partial charge in [0.05, 0.1) is 0 Å². The summed E-state index contributed by atoms with van der Waals surface area (Å²) in [5.74, 6) is -0.164. The highest BCUT2D eigenvalue weighted by Crippen LogP contribution is 2.22. The summed E-state index contributed by atoms with van der Waals surface area (Å²) in [6.45, 7) is 10.3. The van der Waals surface area contributed by atoms with Crippen molar-refractivity contribution in [2.24, 2.45) is 5.10 Å². The summed E-state index contributed by atoms with van der Waals surface area (Å²) < 4.78 is 0. The van der Waals surface area contributed by atoms with E-state index in [1.54, 1.807) is 0 Å². The molecule has 0 heterocycles. The summed E-state index contributed by atoms with van der Waals surface area (Å²) in [6.07, 6.45) is 0.837. The van der Waals surface area contributed by atoms with Crippen molar-refractivity contribution < 1.29 is 4.79 Å². The summed E-state index contributed by atoms with van der Waals surface area (Å²) in [5, 5.41) is 4.01. The molecular formula is C15H22N2O. The van der Waals surface area contributed by atoms with Crippen molar-refractivity contribution in [3.8, 4) is 0 Å². The molecule has 0 aromatic heterocycles. The van der Waals surface area contributed by atoms with Gasteiger partial charge in [-0.2, -0.15) is 5.10 Å². The predicted octanol–water partition coefficient (Wildman–Crippen LogP) is 3.50. The normalized spacial score (nSPS) is 12.4. The zero-order chi connectivity index (χ0) is 13.8. The van der Waals surface area contributed by atoms with Gasteiger partial charge in [0.25, 0.3) is 5.91 Å². The van der Waals surface area contributed by atoms with Crippen LogP contribution >= 0.6 is 0 Å². The Morgan fingerprint density at radius 2 is 1.78 bits per heavy atom. The van der Waals surface area contributed by atoms with Gasteiger partial charge in [0.15, 0.2) is 0 Å². The summed E-state index contributed by atoms with van der Waals surface area (Å²) in [7, 11) is 0. The molecule has 3 nitrogen and oxygen atoms in total. The van der Waals surface area contributed by atoms with Crippen molar-refractivity contribution >= 4 is 11.6 Å². The van der Waals surface area contributed by atoms with Crippen LogP contribution in [0.5, 0.6) is 0 Å². The Labute approximate surface area is 109 Å². The van der Waals surface area contributed by atoms with Crippen LogP contribution < -0.4 is 5.43 Å². The van der Waals surface area contributed by atoms with Crippen molar-refractivity contribution in [3.63, 3.8) is 0 Å². The highest BCUT2D eigenvalue weighted by atomic mass is 16.2. The van der Waals surface area contributed by atoms with Crippen LogP contribution in [-0.2, 0) is 5.41 Å². The SMILES string of the molecule is CCC(C)=NNC(=O)c1ccc(C(C)(C)C)cc1. The molecule has 0 aliphatic rings. The van der Waals surface area contributed by atoms with Crippen LogP contribution in [-0.4, -0.2) is 11.6 Å². The van der Waals surface area contributed by atoms with Crippen LogP contribution in [0.15, 0.2) is 29.4 Å². The Bertz CT molecular complexity index is 439. The molecule has 1 amide bonds. The van der Waals surface area contributed by atoms with Gasteiger partial charge in [-0.25, -0.2) is 5.43 Å². The predicted molar refractivity (Wildman–Crippen MR) is 76.0 cm³/mol. The molecular weight excluding hydrogens is 224 g/mol. The van der Waals surface area contributed by atoms with Gasteiger partial charge >= 0.3 is 0 Å². The minimum Gasteiger partial charge on any atom is -0.267 e. The molecule has 98 valence electrons. The van der Waals surface area contributed by atoms with Crippen molar-refractivity contribution in [2.75, 3.05) is 0 Å². The van der Waals surface area contributed by atoms with E-state index in [1.807, 2.05) is 38.1 Å². The van der Waals surface area contributed by atoms with E-state index in [1.165, 1.54) is 5.56 Å². The first kappa shape index (κ1) is 14.4. The molecule has 0 aliphatic heterocycles. The highest BCUT2D eigenvalue weighted by molar-refractivity contribution is 5.95. The molecule has 0 saturated carbocycles. The van der Waals surface area contributed by atoms with E-state index in [4.69, 9.17) is 0 Å². The number of hydrogen-bond acceptors (Lipinski definition) is 2. The van der Waals surface area contributed by atoms with Crippen molar-refractivity contribution in [3.05, 3.63) is 35.4 Å². The van der Waals surface area contributed by atoms with Gasteiger partial charge in [0.2, 0.25) is 0 Å². The van der Waals surface area contributed by atoms with E-state index in [9.17, 15) is 4.79 Å². The van der Waals surface area contributed by atoms with Crippen LogP contribution in [0.4, 0.5) is 0 Å². The molecule has 0 aliphatic carbocycles. The number of amides is 1. The van der Waals surface area contributed by atoms with Gasteiger partial charge in [-0.15, -0.1) is 0 Å². The molecule has 1 N–H and O–H groups in total. The molecule has 0 atom stereocenters. The van der Waals surface area contributed by atoms with Gasteiger partial charge in [-0.05, 0) is 36.5 Å². The van der Waals surface area contributed by atoms with Gasteiger partial charge < -0.3 is 0 Å². The summed E-state index contributed by atoms with van der Waals surface area (Å²) >= 11 is 0. The van der Waals surface area contributed by atoms with Crippen LogP contribution in [0.2, 0.25) is 0 Å². The lowest BCUT2D eigenvalue weighted by Crippen LogP contribution is -2.19. The Kier molecular flexibility index (Phi) is 4.65. The smallest absolute Gasteiger partial charge is 0.267 e. The molecule has 0 fully saturated rings. The fourth-order valence-corrected chi connectivity index (χ4v) is 1.41. The number of hydrogen-bond donors (Lipinski definition) is 1. The van der Waals surface area contributed by atoms with Crippen LogP contribution in [0, 0.1) is 0 Å². The van der Waals surface area contributed by atoms with Crippen LogP contribution in [0.25, 0.3) is 0 Å². The molecule has 1 aromatic rings. The second kappa shape index (κ2) is 5.80. The minimum atomic E-state index is -0.164. The lowest BCUT2D eigenvalue weighted by molar-refractivity contribution is 0.0954. The average molecular weight is 246 g/mol. The zero-order valence-corrected chi connectivity index (χ0v) is 11.9. The maximum absolute atomic E-state index is 11.8. The third-order valence-corrected chi connectivity index (χ3v) is 2.87. The standard InChI is InChI=1S/C15H22N2O/c1-6-11(2)16-17-14(18)12-7-9-13(10-8-12)15(3,4)5/h7-10H,6H2,1-5H3,(H,17,18). The van der Waals surface area contributed by atoms with Crippen molar-refractivity contribution in [1.82, 2.24) is 5.43 Å². The highest BCUT2D eigenvalue weighted by Gasteiger charge is 2.14. The summed E-state index contributed by atoms with van der Waals surface area (Å²) in [5.41, 5.74) is 5.42. The molecule has 1 rings (SSSR count). The molecule has 0 radical (unpaired) electrons. The molecule has 18 heavy (non-hydrogen) atoms. The van der Waals surface area contributed by atoms with E-state index in [2.05, 4.69) is 31.3 Å². The number of nitrogens with zero attached hydrogens (tertiary/aromatic N) is 1. The topological polar surface area (TPSA) is 41.5 Å². The number of nitrogens with one attached hydrogen (secondary N) is 1. The molecule has 3 heteroatoms. The number of hydrazone groups is 1. The first-order valence-corrected chi connectivity index (χ1v) is 6.28. The van der Waals surface area contributed by atoms with E-state index < -0.39 is 0 Å². The van der Waals surface area contributed by atoms with E-state index in [0.717, 1.165) is 12.1 Å². The Hall–Kier alpha value is -1.64. The monoisotopic (exact) mass is 246 g/mol.